The largest absolute Gasteiger partial charge is 0.497 e. The summed E-state index contributed by atoms with van der Waals surface area (Å²) in [5.41, 5.74) is 1.81. The third-order valence-electron chi connectivity index (χ3n) is 5.50. The molecule has 0 spiro atoms. The minimum Gasteiger partial charge on any atom is -0.497 e. The van der Waals surface area contributed by atoms with Gasteiger partial charge in [0.05, 0.1) is 12.0 Å². The van der Waals surface area contributed by atoms with Gasteiger partial charge in [0.2, 0.25) is 10.0 Å². The average Bonchev–Trinajstić information content (AvgIpc) is 3.48. The number of sulfonamides is 1. The highest BCUT2D eigenvalue weighted by Crippen LogP contribution is 2.26. The molecule has 1 fully saturated rings. The molecule has 1 saturated carbocycles. The van der Waals surface area contributed by atoms with Gasteiger partial charge in [-0.15, -0.1) is 0 Å². The number of benzene rings is 2. The zero-order valence-corrected chi connectivity index (χ0v) is 19.0. The van der Waals surface area contributed by atoms with E-state index in [1.165, 1.54) is 12.1 Å². The second-order valence-electron chi connectivity index (χ2n) is 7.95. The Balaban J connectivity index is 1.66. The van der Waals surface area contributed by atoms with Crippen molar-refractivity contribution in [2.24, 2.45) is 7.05 Å². The van der Waals surface area contributed by atoms with Crippen LogP contribution < -0.4 is 14.8 Å². The van der Waals surface area contributed by atoms with Crippen LogP contribution in [0.15, 0.2) is 59.8 Å². The summed E-state index contributed by atoms with van der Waals surface area (Å²) in [5, 5.41) is 3.02. The van der Waals surface area contributed by atoms with Gasteiger partial charge in [-0.3, -0.25) is 4.79 Å². The molecule has 1 atom stereocenters. The fraction of sp³-hybridized carbons (Fsp3) is 0.304. The SMILES string of the molecule is COc1ccc([C@@H](NC(=O)c2cc(S(=O)(=O)NC3CC3)ccc2C)c2nccn2C)cc1. The molecule has 0 radical (unpaired) electrons. The van der Waals surface area contributed by atoms with Crippen molar-refractivity contribution >= 4 is 15.9 Å². The van der Waals surface area contributed by atoms with Crippen molar-refractivity contribution in [2.45, 2.75) is 36.7 Å². The molecule has 0 unspecified atom stereocenters. The molecule has 0 saturated heterocycles. The minimum absolute atomic E-state index is 0.0125. The normalized spacial score (nSPS) is 14.7. The first-order valence-electron chi connectivity index (χ1n) is 10.3. The summed E-state index contributed by atoms with van der Waals surface area (Å²) in [5.74, 6) is 0.978. The van der Waals surface area contributed by atoms with Gasteiger partial charge < -0.3 is 14.6 Å². The van der Waals surface area contributed by atoms with Crippen molar-refractivity contribution in [1.82, 2.24) is 19.6 Å². The first-order valence-corrected chi connectivity index (χ1v) is 11.8. The number of hydrogen-bond acceptors (Lipinski definition) is 5. The van der Waals surface area contributed by atoms with Crippen LogP contribution in [0.3, 0.4) is 0 Å². The standard InChI is InChI=1S/C23H26N4O4S/c1-15-4-11-19(32(29,30)26-17-7-8-17)14-20(15)23(28)25-21(22-24-12-13-27(22)2)16-5-9-18(31-3)10-6-16/h4-6,9-14,17,21,26H,7-8H2,1-3H3,(H,25,28)/t21-/m1/s1. The van der Waals surface area contributed by atoms with Crippen LogP contribution in [-0.4, -0.2) is 37.0 Å². The summed E-state index contributed by atoms with van der Waals surface area (Å²) in [6.45, 7) is 1.78. The number of carbonyl (C=O) groups excluding carboxylic acids is 1. The van der Waals surface area contributed by atoms with Gasteiger partial charge in [0, 0.05) is 31.0 Å². The molecule has 1 aliphatic rings. The zero-order valence-electron chi connectivity index (χ0n) is 18.2. The molecule has 4 rings (SSSR count). The van der Waals surface area contributed by atoms with E-state index in [1.54, 1.807) is 32.5 Å². The van der Waals surface area contributed by atoms with Crippen LogP contribution >= 0.6 is 0 Å². The van der Waals surface area contributed by atoms with E-state index < -0.39 is 16.1 Å². The predicted molar refractivity (Wildman–Crippen MR) is 120 cm³/mol. The number of methoxy groups -OCH3 is 1. The summed E-state index contributed by atoms with van der Waals surface area (Å²) in [4.78, 5) is 17.8. The Bertz CT molecular complexity index is 1230. The van der Waals surface area contributed by atoms with E-state index in [4.69, 9.17) is 4.74 Å². The van der Waals surface area contributed by atoms with Crippen LogP contribution in [0.2, 0.25) is 0 Å². The second kappa shape index (κ2) is 8.76. The van der Waals surface area contributed by atoms with Gasteiger partial charge in [0.1, 0.15) is 17.6 Å². The van der Waals surface area contributed by atoms with Crippen molar-refractivity contribution in [3.63, 3.8) is 0 Å². The molecule has 32 heavy (non-hydrogen) atoms. The van der Waals surface area contributed by atoms with Gasteiger partial charge in [-0.25, -0.2) is 18.1 Å². The number of amides is 1. The number of carbonyl (C=O) groups is 1. The van der Waals surface area contributed by atoms with Crippen LogP contribution in [0.4, 0.5) is 0 Å². The molecule has 0 bridgehead atoms. The molecular weight excluding hydrogens is 428 g/mol. The predicted octanol–water partition coefficient (Wildman–Crippen LogP) is 2.70. The number of aromatic nitrogens is 2. The van der Waals surface area contributed by atoms with E-state index in [0.29, 0.717) is 22.7 Å². The van der Waals surface area contributed by atoms with E-state index in [2.05, 4.69) is 15.0 Å². The smallest absolute Gasteiger partial charge is 0.252 e. The van der Waals surface area contributed by atoms with E-state index in [-0.39, 0.29) is 16.8 Å². The molecule has 2 N–H and O–H groups in total. The van der Waals surface area contributed by atoms with Gasteiger partial charge in [0.25, 0.3) is 5.91 Å². The highest BCUT2D eigenvalue weighted by atomic mass is 32.2. The Morgan fingerprint density at radius 1 is 1.19 bits per heavy atom. The average molecular weight is 455 g/mol. The van der Waals surface area contributed by atoms with E-state index in [0.717, 1.165) is 18.4 Å². The number of nitrogens with one attached hydrogen (secondary N) is 2. The van der Waals surface area contributed by atoms with Crippen LogP contribution in [-0.2, 0) is 17.1 Å². The van der Waals surface area contributed by atoms with Crippen molar-refractivity contribution in [2.75, 3.05) is 7.11 Å². The Morgan fingerprint density at radius 2 is 1.91 bits per heavy atom. The van der Waals surface area contributed by atoms with Crippen molar-refractivity contribution in [3.8, 4) is 5.75 Å². The maximum Gasteiger partial charge on any atom is 0.252 e. The van der Waals surface area contributed by atoms with Crippen molar-refractivity contribution in [1.29, 1.82) is 0 Å². The van der Waals surface area contributed by atoms with Crippen LogP contribution in [0.25, 0.3) is 0 Å². The molecule has 1 heterocycles. The number of nitrogens with zero attached hydrogens (tertiary/aromatic N) is 2. The van der Waals surface area contributed by atoms with E-state index in [9.17, 15) is 13.2 Å². The quantitative estimate of drug-likeness (QED) is 0.545. The number of aryl methyl sites for hydroxylation is 2. The van der Waals surface area contributed by atoms with Crippen molar-refractivity contribution in [3.05, 3.63) is 77.4 Å². The van der Waals surface area contributed by atoms with Gasteiger partial charge in [-0.2, -0.15) is 0 Å². The molecule has 3 aromatic rings. The van der Waals surface area contributed by atoms with E-state index in [1.807, 2.05) is 35.9 Å². The summed E-state index contributed by atoms with van der Waals surface area (Å²) in [6, 6.07) is 11.4. The Morgan fingerprint density at radius 3 is 2.50 bits per heavy atom. The molecule has 8 nitrogen and oxygen atoms in total. The molecular formula is C23H26N4O4S. The Kier molecular flexibility index (Phi) is 6.03. The minimum atomic E-state index is -3.67. The topological polar surface area (TPSA) is 102 Å². The molecule has 1 aliphatic carbocycles. The lowest BCUT2D eigenvalue weighted by molar-refractivity contribution is 0.0940. The molecule has 0 aliphatic heterocycles. The Labute approximate surface area is 187 Å². The fourth-order valence-electron chi connectivity index (χ4n) is 3.46. The molecule has 1 aromatic heterocycles. The lowest BCUT2D eigenvalue weighted by Gasteiger charge is -2.20. The van der Waals surface area contributed by atoms with Gasteiger partial charge in [0.15, 0.2) is 0 Å². The summed E-state index contributed by atoms with van der Waals surface area (Å²) in [6.07, 6.45) is 5.15. The van der Waals surface area contributed by atoms with E-state index >= 15 is 0 Å². The molecule has 9 heteroatoms. The molecule has 168 valence electrons. The van der Waals surface area contributed by atoms with Crippen LogP contribution in [0.1, 0.15) is 46.2 Å². The maximum absolute atomic E-state index is 13.3. The number of imidazole rings is 1. The number of ether oxygens (including phenoxy) is 1. The number of hydrogen-bond donors (Lipinski definition) is 2. The van der Waals surface area contributed by atoms with Gasteiger partial charge in [-0.05, 0) is 55.2 Å². The first-order chi connectivity index (χ1) is 15.3. The summed E-state index contributed by atoms with van der Waals surface area (Å²) >= 11 is 0. The van der Waals surface area contributed by atoms with Crippen molar-refractivity contribution < 1.29 is 17.9 Å². The van der Waals surface area contributed by atoms with Crippen LogP contribution in [0, 0.1) is 6.92 Å². The third kappa shape index (κ3) is 4.68. The molecule has 1 amide bonds. The summed E-state index contributed by atoms with van der Waals surface area (Å²) < 4.78 is 35.0. The summed E-state index contributed by atoms with van der Waals surface area (Å²) in [7, 11) is -0.222. The number of rotatable bonds is 8. The Hall–Kier alpha value is -3.17. The lowest BCUT2D eigenvalue weighted by atomic mass is 10.0. The fourth-order valence-corrected chi connectivity index (χ4v) is 4.79. The van der Waals surface area contributed by atoms with Gasteiger partial charge in [-0.1, -0.05) is 18.2 Å². The second-order valence-corrected chi connectivity index (χ2v) is 9.66. The zero-order chi connectivity index (χ0) is 22.9. The van der Waals surface area contributed by atoms with Gasteiger partial charge >= 0.3 is 0 Å². The maximum atomic E-state index is 13.3. The highest BCUT2D eigenvalue weighted by molar-refractivity contribution is 7.89. The van der Waals surface area contributed by atoms with Crippen LogP contribution in [0.5, 0.6) is 5.75 Å². The molecule has 2 aromatic carbocycles. The third-order valence-corrected chi connectivity index (χ3v) is 7.02. The first kappa shape index (κ1) is 22.0. The lowest BCUT2D eigenvalue weighted by Crippen LogP contribution is -2.32. The monoisotopic (exact) mass is 454 g/mol. The highest BCUT2D eigenvalue weighted by Gasteiger charge is 2.29.